The molecule has 36 heavy (non-hydrogen) atoms. The normalized spacial score (nSPS) is 29.3. The summed E-state index contributed by atoms with van der Waals surface area (Å²) in [5.41, 5.74) is 3.42. The van der Waals surface area contributed by atoms with Crippen molar-refractivity contribution in [3.8, 4) is 0 Å². The molecule has 0 atom stereocenters. The predicted molar refractivity (Wildman–Crippen MR) is 134 cm³/mol. The van der Waals surface area contributed by atoms with E-state index in [4.69, 9.17) is 14.9 Å². The highest BCUT2D eigenvalue weighted by atomic mass is 16.5. The minimum absolute atomic E-state index is 0.0510. The summed E-state index contributed by atoms with van der Waals surface area (Å²) in [5, 5.41) is 11.8. The third-order valence-corrected chi connectivity index (χ3v) is 8.99. The van der Waals surface area contributed by atoms with Crippen LogP contribution >= 0.6 is 0 Å². The lowest BCUT2D eigenvalue weighted by Gasteiger charge is -2.56. The van der Waals surface area contributed by atoms with E-state index in [-0.39, 0.29) is 17.1 Å². The monoisotopic (exact) mass is 492 g/mol. The summed E-state index contributed by atoms with van der Waals surface area (Å²) in [5.74, 6) is 2.66. The molecule has 1 aromatic heterocycles. The lowest BCUT2D eigenvalue weighted by Crippen LogP contribution is -2.51. The van der Waals surface area contributed by atoms with Crippen molar-refractivity contribution in [2.75, 3.05) is 5.32 Å². The summed E-state index contributed by atoms with van der Waals surface area (Å²) in [6.07, 6.45) is 13.3. The topological polar surface area (TPSA) is 116 Å². The zero-order chi connectivity index (χ0) is 24.7. The van der Waals surface area contributed by atoms with Crippen LogP contribution in [-0.2, 0) is 11.3 Å². The summed E-state index contributed by atoms with van der Waals surface area (Å²) >= 11 is 0. The van der Waals surface area contributed by atoms with Crippen molar-refractivity contribution in [3.05, 3.63) is 47.0 Å². The van der Waals surface area contributed by atoms with Crippen LogP contribution in [0.5, 0.6) is 0 Å². The average Bonchev–Trinajstić information content (AvgIpc) is 3.32. The highest BCUT2D eigenvalue weighted by Gasteiger charge is 2.51. The van der Waals surface area contributed by atoms with Crippen molar-refractivity contribution in [1.29, 1.82) is 0 Å². The van der Waals surface area contributed by atoms with Gasteiger partial charge in [0.05, 0.1) is 17.9 Å². The Hall–Kier alpha value is -2.71. The first-order valence-electron chi connectivity index (χ1n) is 13.6. The second kappa shape index (κ2) is 9.63. The molecular weight excluding hydrogens is 456 g/mol. The van der Waals surface area contributed by atoms with Gasteiger partial charge in [-0.1, -0.05) is 25.3 Å². The predicted octanol–water partition coefficient (Wildman–Crippen LogP) is 5.31. The highest BCUT2D eigenvalue weighted by Crippen LogP contribution is 2.57. The van der Waals surface area contributed by atoms with Gasteiger partial charge >= 0.3 is 0 Å². The van der Waals surface area contributed by atoms with Crippen molar-refractivity contribution >= 4 is 17.5 Å². The van der Waals surface area contributed by atoms with Gasteiger partial charge in [0.25, 0.3) is 11.8 Å². The number of carbonyl (C=O) groups is 2. The number of H-pyrrole nitrogens is 1. The molecule has 1 aromatic carbocycles. The van der Waals surface area contributed by atoms with Gasteiger partial charge in [0, 0.05) is 17.2 Å². The van der Waals surface area contributed by atoms with E-state index in [1.54, 1.807) is 23.7 Å². The van der Waals surface area contributed by atoms with Crippen molar-refractivity contribution < 1.29 is 19.5 Å². The molecule has 7 rings (SSSR count). The number of hydrogen-bond acceptors (Lipinski definition) is 5. The van der Waals surface area contributed by atoms with Crippen LogP contribution in [0.3, 0.4) is 0 Å². The molecule has 8 nitrogen and oxygen atoms in total. The average molecular weight is 493 g/mol. The first-order chi connectivity index (χ1) is 17.5. The molecule has 4 N–H and O–H groups in total. The van der Waals surface area contributed by atoms with Gasteiger partial charge in [-0.15, -0.1) is 0 Å². The van der Waals surface area contributed by atoms with Gasteiger partial charge in [0.2, 0.25) is 0 Å². The Bertz CT molecular complexity index is 1100. The molecule has 5 aliphatic carbocycles. The maximum absolute atomic E-state index is 13.4. The largest absolute Gasteiger partial charge is 0.369 e. The van der Waals surface area contributed by atoms with Crippen LogP contribution in [0.15, 0.2) is 24.3 Å². The summed E-state index contributed by atoms with van der Waals surface area (Å²) < 4.78 is 6.70. The SMILES string of the molecule is O=C(NO)c1cccc(NC(=O)c2nc(C3CCCCC3)[nH]c2COC23CC4CC(CC(C4)C2)C3)c1. The maximum Gasteiger partial charge on any atom is 0.276 e. The molecule has 2 aromatic rings. The van der Waals surface area contributed by atoms with E-state index in [0.717, 1.165) is 61.4 Å². The van der Waals surface area contributed by atoms with Crippen LogP contribution in [0.2, 0.25) is 0 Å². The fourth-order valence-electron chi connectivity index (χ4n) is 7.72. The van der Waals surface area contributed by atoms with Crippen LogP contribution in [0.4, 0.5) is 5.69 Å². The van der Waals surface area contributed by atoms with Gasteiger partial charge in [-0.25, -0.2) is 10.5 Å². The van der Waals surface area contributed by atoms with Gasteiger partial charge in [0.1, 0.15) is 5.82 Å². The molecule has 8 heteroatoms. The number of anilines is 1. The molecule has 5 saturated carbocycles. The van der Waals surface area contributed by atoms with E-state index in [1.807, 2.05) is 0 Å². The van der Waals surface area contributed by atoms with Crippen molar-refractivity contribution in [3.63, 3.8) is 0 Å². The van der Waals surface area contributed by atoms with E-state index in [2.05, 4.69) is 10.3 Å². The number of rotatable bonds is 7. The summed E-state index contributed by atoms with van der Waals surface area (Å²) in [6, 6.07) is 6.48. The van der Waals surface area contributed by atoms with Crippen LogP contribution in [0.1, 0.15) is 109 Å². The molecule has 4 bridgehead atoms. The van der Waals surface area contributed by atoms with Gasteiger partial charge in [-0.2, -0.15) is 0 Å². The van der Waals surface area contributed by atoms with Crippen LogP contribution in [0.25, 0.3) is 0 Å². The number of hydrogen-bond donors (Lipinski definition) is 4. The van der Waals surface area contributed by atoms with Crippen molar-refractivity contribution in [2.24, 2.45) is 17.8 Å². The third-order valence-electron chi connectivity index (χ3n) is 8.99. The number of aromatic amines is 1. The summed E-state index contributed by atoms with van der Waals surface area (Å²) in [4.78, 5) is 33.5. The third kappa shape index (κ3) is 4.68. The maximum atomic E-state index is 13.4. The number of aromatic nitrogens is 2. The number of amides is 2. The van der Waals surface area contributed by atoms with E-state index < -0.39 is 5.91 Å². The number of hydroxylamine groups is 1. The molecule has 5 fully saturated rings. The number of carbonyl (C=O) groups excluding carboxylic acids is 2. The molecule has 2 amide bonds. The van der Waals surface area contributed by atoms with Crippen LogP contribution in [-0.4, -0.2) is 32.6 Å². The molecular formula is C28H36N4O4. The van der Waals surface area contributed by atoms with Crippen LogP contribution in [0, 0.1) is 17.8 Å². The second-order valence-corrected chi connectivity index (χ2v) is 11.6. The molecule has 1 heterocycles. The molecule has 0 aliphatic heterocycles. The minimum atomic E-state index is -0.630. The number of imidazole rings is 1. The first-order valence-corrected chi connectivity index (χ1v) is 13.6. The highest BCUT2D eigenvalue weighted by molar-refractivity contribution is 6.04. The lowest BCUT2D eigenvalue weighted by molar-refractivity contribution is -0.169. The zero-order valence-electron chi connectivity index (χ0n) is 20.7. The standard InChI is InChI=1S/C28H36N4O4/c33-26(32-35)21-7-4-8-22(12-21)29-27(34)24-23(30-25(31-24)20-5-2-1-3-6-20)16-36-28-13-17-9-18(14-28)11-19(10-17)15-28/h4,7-8,12,17-20,35H,1-3,5-6,9-11,13-16H2,(H,29,34)(H,30,31)(H,32,33). The Morgan fingerprint density at radius 3 is 2.39 bits per heavy atom. The van der Waals surface area contributed by atoms with E-state index >= 15 is 0 Å². The second-order valence-electron chi connectivity index (χ2n) is 11.6. The van der Waals surface area contributed by atoms with E-state index in [9.17, 15) is 9.59 Å². The number of benzene rings is 1. The molecule has 0 spiro atoms. The summed E-state index contributed by atoms with van der Waals surface area (Å²) in [6.45, 7) is 0.363. The van der Waals surface area contributed by atoms with Gasteiger partial charge < -0.3 is 15.0 Å². The zero-order valence-corrected chi connectivity index (χ0v) is 20.7. The van der Waals surface area contributed by atoms with Crippen molar-refractivity contribution in [1.82, 2.24) is 15.4 Å². The van der Waals surface area contributed by atoms with E-state index in [1.165, 1.54) is 44.6 Å². The lowest BCUT2D eigenvalue weighted by atomic mass is 9.54. The molecule has 192 valence electrons. The van der Waals surface area contributed by atoms with Gasteiger partial charge in [-0.05, 0) is 87.3 Å². The number of ether oxygens (including phenoxy) is 1. The molecule has 0 saturated heterocycles. The molecule has 0 unspecified atom stereocenters. The first kappa shape index (κ1) is 23.7. The minimum Gasteiger partial charge on any atom is -0.369 e. The Morgan fingerprint density at radius 1 is 1.03 bits per heavy atom. The number of nitrogens with one attached hydrogen (secondary N) is 3. The van der Waals surface area contributed by atoms with Crippen LogP contribution < -0.4 is 10.8 Å². The molecule has 5 aliphatic rings. The Kier molecular flexibility index (Phi) is 6.33. The van der Waals surface area contributed by atoms with E-state index in [0.29, 0.717) is 23.9 Å². The van der Waals surface area contributed by atoms with Gasteiger partial charge in [0.15, 0.2) is 5.69 Å². The quantitative estimate of drug-likeness (QED) is 0.309. The Morgan fingerprint density at radius 2 is 1.72 bits per heavy atom. The summed E-state index contributed by atoms with van der Waals surface area (Å²) in [7, 11) is 0. The van der Waals surface area contributed by atoms with Crippen molar-refractivity contribution in [2.45, 2.75) is 88.8 Å². The van der Waals surface area contributed by atoms with Gasteiger partial charge in [-0.3, -0.25) is 14.8 Å². The fraction of sp³-hybridized carbons (Fsp3) is 0.607. The number of nitrogens with zero attached hydrogens (tertiary/aromatic N) is 1. The Labute approximate surface area is 211 Å². The Balaban J connectivity index is 1.23. The smallest absolute Gasteiger partial charge is 0.276 e. The fourth-order valence-corrected chi connectivity index (χ4v) is 7.72. The molecule has 0 radical (unpaired) electrons.